The molecule has 0 amide bonds. The first-order valence-electron chi connectivity index (χ1n) is 6.08. The van der Waals surface area contributed by atoms with E-state index < -0.39 is 12.4 Å². The Hall–Kier alpha value is -1.95. The van der Waals surface area contributed by atoms with Gasteiger partial charge < -0.3 is 10.1 Å². The van der Waals surface area contributed by atoms with Crippen molar-refractivity contribution in [3.63, 3.8) is 0 Å². The van der Waals surface area contributed by atoms with Gasteiger partial charge >= 0.3 is 6.61 Å². The standard InChI is InChI=1S/C14H12ClF3N2O/c1-8(12-4-2-9(16)7-19-12)20-10-3-5-13(11(15)6-10)21-14(17)18/h2-8,14,20H,1H3. The third kappa shape index (κ3) is 4.26. The molecule has 0 spiro atoms. The van der Waals surface area contributed by atoms with Crippen molar-refractivity contribution >= 4 is 17.3 Å². The predicted octanol–water partition coefficient (Wildman–Crippen LogP) is 4.65. The lowest BCUT2D eigenvalue weighted by molar-refractivity contribution is -0.0497. The van der Waals surface area contributed by atoms with Crippen LogP contribution < -0.4 is 10.1 Å². The highest BCUT2D eigenvalue weighted by Crippen LogP contribution is 2.30. The highest BCUT2D eigenvalue weighted by molar-refractivity contribution is 6.32. The van der Waals surface area contributed by atoms with Gasteiger partial charge in [0.15, 0.2) is 0 Å². The fourth-order valence-corrected chi connectivity index (χ4v) is 1.97. The van der Waals surface area contributed by atoms with Crippen molar-refractivity contribution in [2.45, 2.75) is 19.6 Å². The van der Waals surface area contributed by atoms with Gasteiger partial charge in [-0.2, -0.15) is 8.78 Å². The number of alkyl halides is 2. The number of ether oxygens (including phenoxy) is 1. The highest BCUT2D eigenvalue weighted by Gasteiger charge is 2.11. The quantitative estimate of drug-likeness (QED) is 0.872. The summed E-state index contributed by atoms with van der Waals surface area (Å²) in [4.78, 5) is 3.96. The van der Waals surface area contributed by atoms with Crippen molar-refractivity contribution in [3.05, 3.63) is 53.1 Å². The number of aromatic nitrogens is 1. The number of hydrogen-bond donors (Lipinski definition) is 1. The van der Waals surface area contributed by atoms with E-state index in [-0.39, 0.29) is 16.8 Å². The number of pyridine rings is 1. The summed E-state index contributed by atoms with van der Waals surface area (Å²) >= 11 is 5.86. The van der Waals surface area contributed by atoms with Gasteiger partial charge in [0, 0.05) is 5.69 Å². The molecule has 1 unspecified atom stereocenters. The molecule has 7 heteroatoms. The maximum Gasteiger partial charge on any atom is 0.387 e. The van der Waals surface area contributed by atoms with Gasteiger partial charge in [-0.1, -0.05) is 11.6 Å². The van der Waals surface area contributed by atoms with Gasteiger partial charge in [-0.15, -0.1) is 0 Å². The van der Waals surface area contributed by atoms with E-state index >= 15 is 0 Å². The van der Waals surface area contributed by atoms with Crippen molar-refractivity contribution in [3.8, 4) is 5.75 Å². The summed E-state index contributed by atoms with van der Waals surface area (Å²) in [6.07, 6.45) is 1.13. The Kier molecular flexibility index (Phi) is 4.90. The Bertz CT molecular complexity index is 608. The summed E-state index contributed by atoms with van der Waals surface area (Å²) in [5, 5.41) is 3.16. The molecule has 0 saturated carbocycles. The van der Waals surface area contributed by atoms with Crippen LogP contribution in [-0.4, -0.2) is 11.6 Å². The van der Waals surface area contributed by atoms with E-state index in [0.29, 0.717) is 11.4 Å². The second-order valence-corrected chi connectivity index (χ2v) is 4.70. The molecule has 2 rings (SSSR count). The molecule has 21 heavy (non-hydrogen) atoms. The van der Waals surface area contributed by atoms with Crippen molar-refractivity contribution < 1.29 is 17.9 Å². The van der Waals surface area contributed by atoms with Crippen molar-refractivity contribution in [1.82, 2.24) is 4.98 Å². The van der Waals surface area contributed by atoms with E-state index in [2.05, 4.69) is 15.0 Å². The number of nitrogens with one attached hydrogen (secondary N) is 1. The smallest absolute Gasteiger partial charge is 0.387 e. The predicted molar refractivity (Wildman–Crippen MR) is 74.3 cm³/mol. The van der Waals surface area contributed by atoms with E-state index in [1.54, 1.807) is 12.1 Å². The normalized spacial score (nSPS) is 12.3. The van der Waals surface area contributed by atoms with E-state index in [9.17, 15) is 13.2 Å². The summed E-state index contributed by atoms with van der Waals surface area (Å²) in [7, 11) is 0. The van der Waals surface area contributed by atoms with Crippen LogP contribution in [0.25, 0.3) is 0 Å². The average molecular weight is 317 g/mol. The zero-order valence-electron chi connectivity index (χ0n) is 11.0. The minimum atomic E-state index is -2.93. The third-order valence-electron chi connectivity index (χ3n) is 2.73. The molecule has 0 radical (unpaired) electrons. The summed E-state index contributed by atoms with van der Waals surface area (Å²) in [6, 6.07) is 7.05. The Morgan fingerprint density at radius 3 is 2.57 bits per heavy atom. The van der Waals surface area contributed by atoms with Crippen molar-refractivity contribution in [1.29, 1.82) is 0 Å². The Morgan fingerprint density at radius 1 is 1.24 bits per heavy atom. The number of benzene rings is 1. The van der Waals surface area contributed by atoms with Gasteiger partial charge in [0.1, 0.15) is 11.6 Å². The Labute approximate surface area is 124 Å². The first-order valence-corrected chi connectivity index (χ1v) is 6.46. The number of rotatable bonds is 5. The van der Waals surface area contributed by atoms with Gasteiger partial charge in [0.2, 0.25) is 0 Å². The summed E-state index contributed by atoms with van der Waals surface area (Å²) in [6.45, 7) is -1.10. The molecular formula is C14H12ClF3N2O. The van der Waals surface area contributed by atoms with Gasteiger partial charge in [-0.05, 0) is 37.3 Å². The molecule has 1 aromatic heterocycles. The second kappa shape index (κ2) is 6.67. The zero-order valence-corrected chi connectivity index (χ0v) is 11.7. The van der Waals surface area contributed by atoms with Crippen LogP contribution in [0, 0.1) is 5.82 Å². The van der Waals surface area contributed by atoms with Crippen molar-refractivity contribution in [2.24, 2.45) is 0 Å². The monoisotopic (exact) mass is 316 g/mol. The SMILES string of the molecule is CC(Nc1ccc(OC(F)F)c(Cl)c1)c1ccc(F)cn1. The lowest BCUT2D eigenvalue weighted by Gasteiger charge is -2.16. The molecule has 1 heterocycles. The van der Waals surface area contributed by atoms with Crippen LogP contribution in [-0.2, 0) is 0 Å². The molecule has 0 aliphatic heterocycles. The first-order chi connectivity index (χ1) is 9.95. The number of halogens is 4. The van der Waals surface area contributed by atoms with Crippen LogP contribution >= 0.6 is 11.6 Å². The summed E-state index contributed by atoms with van der Waals surface area (Å²) in [5.74, 6) is -0.507. The molecule has 0 saturated heterocycles. The maximum absolute atomic E-state index is 12.8. The molecule has 0 aliphatic carbocycles. The molecule has 2 aromatic rings. The molecule has 0 bridgehead atoms. The first kappa shape index (κ1) is 15.4. The lowest BCUT2D eigenvalue weighted by atomic mass is 10.2. The number of anilines is 1. The van der Waals surface area contributed by atoms with E-state index in [4.69, 9.17) is 11.6 Å². The fourth-order valence-electron chi connectivity index (χ4n) is 1.75. The minimum Gasteiger partial charge on any atom is -0.433 e. The number of nitrogens with zero attached hydrogens (tertiary/aromatic N) is 1. The highest BCUT2D eigenvalue weighted by atomic mass is 35.5. The molecule has 0 fully saturated rings. The molecule has 112 valence electrons. The van der Waals surface area contributed by atoms with Crippen LogP contribution in [0.5, 0.6) is 5.75 Å². The van der Waals surface area contributed by atoms with E-state index in [0.717, 1.165) is 6.20 Å². The Morgan fingerprint density at radius 2 is 2.00 bits per heavy atom. The number of hydrogen-bond acceptors (Lipinski definition) is 3. The van der Waals surface area contributed by atoms with E-state index in [1.807, 2.05) is 6.92 Å². The van der Waals surface area contributed by atoms with Gasteiger partial charge in [0.25, 0.3) is 0 Å². The summed E-state index contributed by atoms with van der Waals surface area (Å²) in [5.41, 5.74) is 1.25. The maximum atomic E-state index is 12.8. The largest absolute Gasteiger partial charge is 0.433 e. The van der Waals surface area contributed by atoms with Gasteiger partial charge in [-0.25, -0.2) is 4.39 Å². The van der Waals surface area contributed by atoms with Crippen LogP contribution in [0.4, 0.5) is 18.9 Å². The van der Waals surface area contributed by atoms with Crippen molar-refractivity contribution in [2.75, 3.05) is 5.32 Å². The van der Waals surface area contributed by atoms with Crippen LogP contribution in [0.3, 0.4) is 0 Å². The lowest BCUT2D eigenvalue weighted by Crippen LogP contribution is -2.09. The fraction of sp³-hybridized carbons (Fsp3) is 0.214. The zero-order chi connectivity index (χ0) is 15.4. The molecule has 0 aliphatic rings. The van der Waals surface area contributed by atoms with Gasteiger partial charge in [-0.3, -0.25) is 4.98 Å². The minimum absolute atomic E-state index is 0.0690. The van der Waals surface area contributed by atoms with Crippen LogP contribution in [0.15, 0.2) is 36.5 Å². The van der Waals surface area contributed by atoms with Crippen LogP contribution in [0.1, 0.15) is 18.7 Å². The average Bonchev–Trinajstić information content (AvgIpc) is 2.42. The van der Waals surface area contributed by atoms with Crippen LogP contribution in [0.2, 0.25) is 5.02 Å². The Balaban J connectivity index is 2.09. The second-order valence-electron chi connectivity index (χ2n) is 4.29. The molecule has 3 nitrogen and oxygen atoms in total. The summed E-state index contributed by atoms with van der Waals surface area (Å²) < 4.78 is 41.3. The topological polar surface area (TPSA) is 34.1 Å². The van der Waals surface area contributed by atoms with E-state index in [1.165, 1.54) is 18.2 Å². The molecule has 1 aromatic carbocycles. The molecular weight excluding hydrogens is 305 g/mol. The van der Waals surface area contributed by atoms with Gasteiger partial charge in [0.05, 0.1) is 23.0 Å². The molecule has 1 N–H and O–H groups in total. The molecule has 1 atom stereocenters. The third-order valence-corrected chi connectivity index (χ3v) is 3.02.